The number of carbonyl (C=O) groups excluding carboxylic acids is 2. The van der Waals surface area contributed by atoms with Crippen molar-refractivity contribution in [3.63, 3.8) is 0 Å². The third kappa shape index (κ3) is 4.55. The normalized spacial score (nSPS) is 10.3. The van der Waals surface area contributed by atoms with Gasteiger partial charge in [0.2, 0.25) is 0 Å². The number of benzene rings is 1. The van der Waals surface area contributed by atoms with Crippen LogP contribution in [-0.2, 0) is 14.3 Å². The van der Waals surface area contributed by atoms with Crippen molar-refractivity contribution in [2.75, 3.05) is 14.2 Å². The van der Waals surface area contributed by atoms with Crippen LogP contribution in [0.5, 0.6) is 11.5 Å². The molecule has 0 aliphatic rings. The molecule has 0 bridgehead atoms. The van der Waals surface area contributed by atoms with Crippen molar-refractivity contribution in [3.05, 3.63) is 27.3 Å². The molecule has 1 aromatic carbocycles. The van der Waals surface area contributed by atoms with Gasteiger partial charge in [-0.1, -0.05) is 0 Å². The molecule has 0 fully saturated rings. The van der Waals surface area contributed by atoms with E-state index in [9.17, 15) is 9.59 Å². The van der Waals surface area contributed by atoms with Crippen LogP contribution in [0.3, 0.4) is 0 Å². The maximum absolute atomic E-state index is 11.0. The molecule has 0 saturated carbocycles. The molecule has 0 aliphatic carbocycles. The zero-order valence-corrected chi connectivity index (χ0v) is 12.9. The molecule has 0 aliphatic heterocycles. The summed E-state index contributed by atoms with van der Waals surface area (Å²) in [7, 11) is 2.78. The number of carbonyl (C=O) groups is 2. The first-order valence-corrected chi connectivity index (χ1v) is 6.37. The number of ether oxygens (including phenoxy) is 3. The van der Waals surface area contributed by atoms with Gasteiger partial charge in [-0.2, -0.15) is 0 Å². The summed E-state index contributed by atoms with van der Waals surface area (Å²) in [5.74, 6) is -0.0791. The SMILES string of the molecule is COC(=O)/C=C/c1cc(I)c(OC(C)=O)c(OC)c1. The van der Waals surface area contributed by atoms with Crippen molar-refractivity contribution in [1.29, 1.82) is 0 Å². The summed E-state index contributed by atoms with van der Waals surface area (Å²) in [5.41, 5.74) is 0.738. The van der Waals surface area contributed by atoms with Gasteiger partial charge in [0.05, 0.1) is 17.8 Å². The molecule has 1 aromatic rings. The van der Waals surface area contributed by atoms with E-state index >= 15 is 0 Å². The molecule has 0 N–H and O–H groups in total. The summed E-state index contributed by atoms with van der Waals surface area (Å²) in [6.07, 6.45) is 2.89. The summed E-state index contributed by atoms with van der Waals surface area (Å²) in [6.45, 7) is 1.32. The van der Waals surface area contributed by atoms with Crippen molar-refractivity contribution in [2.45, 2.75) is 6.92 Å². The summed E-state index contributed by atoms with van der Waals surface area (Å²) in [5, 5.41) is 0. The maximum Gasteiger partial charge on any atom is 0.330 e. The average Bonchev–Trinajstić information content (AvgIpc) is 2.37. The second-order valence-electron chi connectivity index (χ2n) is 3.48. The Kier molecular flexibility index (Phi) is 5.81. The molecular weight excluding hydrogens is 363 g/mol. The average molecular weight is 376 g/mol. The number of methoxy groups -OCH3 is 2. The lowest BCUT2D eigenvalue weighted by Crippen LogP contribution is -2.05. The van der Waals surface area contributed by atoms with Crippen LogP contribution in [0, 0.1) is 3.57 Å². The quantitative estimate of drug-likeness (QED) is 0.350. The first-order chi connectivity index (χ1) is 8.97. The van der Waals surface area contributed by atoms with Crippen LogP contribution in [0.25, 0.3) is 6.08 Å². The van der Waals surface area contributed by atoms with Crippen molar-refractivity contribution in [1.82, 2.24) is 0 Å². The molecule has 0 aromatic heterocycles. The van der Waals surface area contributed by atoms with Gasteiger partial charge >= 0.3 is 11.9 Å². The topological polar surface area (TPSA) is 61.8 Å². The van der Waals surface area contributed by atoms with E-state index in [2.05, 4.69) is 4.74 Å². The lowest BCUT2D eigenvalue weighted by molar-refractivity contribution is -0.135. The highest BCUT2D eigenvalue weighted by atomic mass is 127. The van der Waals surface area contributed by atoms with Gasteiger partial charge in [0.1, 0.15) is 0 Å². The third-order valence-corrected chi connectivity index (χ3v) is 2.91. The molecule has 102 valence electrons. The number of halogens is 1. The minimum Gasteiger partial charge on any atom is -0.493 e. The van der Waals surface area contributed by atoms with E-state index in [-0.39, 0.29) is 0 Å². The van der Waals surface area contributed by atoms with E-state index in [1.54, 1.807) is 18.2 Å². The van der Waals surface area contributed by atoms with Crippen LogP contribution < -0.4 is 9.47 Å². The number of hydrogen-bond acceptors (Lipinski definition) is 5. The number of rotatable bonds is 4. The molecule has 0 amide bonds. The Morgan fingerprint density at radius 3 is 2.47 bits per heavy atom. The molecule has 1 rings (SSSR count). The Labute approximate surface area is 124 Å². The van der Waals surface area contributed by atoms with Gasteiger partial charge in [-0.05, 0) is 46.4 Å². The van der Waals surface area contributed by atoms with Gasteiger partial charge in [0.15, 0.2) is 11.5 Å². The molecule has 0 atom stereocenters. The standard InChI is InChI=1S/C13H13IO5/c1-8(15)19-13-10(14)6-9(7-11(13)17-2)4-5-12(16)18-3/h4-7H,1-3H3/b5-4+. The molecule has 0 radical (unpaired) electrons. The monoisotopic (exact) mass is 376 g/mol. The fourth-order valence-electron chi connectivity index (χ4n) is 1.31. The Morgan fingerprint density at radius 1 is 1.26 bits per heavy atom. The predicted molar refractivity (Wildman–Crippen MR) is 78.1 cm³/mol. The third-order valence-electron chi connectivity index (χ3n) is 2.11. The number of hydrogen-bond donors (Lipinski definition) is 0. The number of esters is 2. The van der Waals surface area contributed by atoms with Crippen LogP contribution in [0.4, 0.5) is 0 Å². The van der Waals surface area contributed by atoms with E-state index in [1.807, 2.05) is 22.6 Å². The lowest BCUT2D eigenvalue weighted by atomic mass is 10.2. The highest BCUT2D eigenvalue weighted by Gasteiger charge is 2.12. The molecule has 0 spiro atoms. The fourth-order valence-corrected chi connectivity index (χ4v) is 2.05. The smallest absolute Gasteiger partial charge is 0.330 e. The Morgan fingerprint density at radius 2 is 1.95 bits per heavy atom. The summed E-state index contributed by atoms with van der Waals surface area (Å²) in [4.78, 5) is 22.0. The molecule has 0 heterocycles. The summed E-state index contributed by atoms with van der Waals surface area (Å²) in [6, 6.07) is 3.43. The van der Waals surface area contributed by atoms with Crippen LogP contribution in [0.15, 0.2) is 18.2 Å². The second-order valence-corrected chi connectivity index (χ2v) is 4.65. The Hall–Kier alpha value is -1.57. The second kappa shape index (κ2) is 7.13. The molecule has 6 heteroatoms. The van der Waals surface area contributed by atoms with Crippen molar-refractivity contribution >= 4 is 40.6 Å². The molecule has 19 heavy (non-hydrogen) atoms. The molecular formula is C13H13IO5. The predicted octanol–water partition coefficient (Wildman–Crippen LogP) is 2.41. The molecule has 5 nitrogen and oxygen atoms in total. The minimum atomic E-state index is -0.446. The van der Waals surface area contributed by atoms with Crippen molar-refractivity contribution in [2.24, 2.45) is 0 Å². The lowest BCUT2D eigenvalue weighted by Gasteiger charge is -2.11. The van der Waals surface area contributed by atoms with Gasteiger partial charge in [-0.25, -0.2) is 4.79 Å². The van der Waals surface area contributed by atoms with Crippen LogP contribution in [-0.4, -0.2) is 26.2 Å². The zero-order valence-electron chi connectivity index (χ0n) is 10.7. The first kappa shape index (κ1) is 15.5. The molecule has 0 unspecified atom stereocenters. The first-order valence-electron chi connectivity index (χ1n) is 5.30. The Bertz CT molecular complexity index is 522. The highest BCUT2D eigenvalue weighted by molar-refractivity contribution is 14.1. The van der Waals surface area contributed by atoms with Crippen molar-refractivity contribution < 1.29 is 23.8 Å². The largest absolute Gasteiger partial charge is 0.493 e. The van der Waals surface area contributed by atoms with Gasteiger partial charge in [-0.15, -0.1) is 0 Å². The summed E-state index contributed by atoms with van der Waals surface area (Å²) >= 11 is 2.03. The Balaban J connectivity index is 3.12. The fraction of sp³-hybridized carbons (Fsp3) is 0.231. The van der Waals surface area contributed by atoms with Crippen LogP contribution in [0.1, 0.15) is 12.5 Å². The van der Waals surface area contributed by atoms with Gasteiger partial charge in [-0.3, -0.25) is 4.79 Å². The van der Waals surface area contributed by atoms with E-state index in [4.69, 9.17) is 9.47 Å². The van der Waals surface area contributed by atoms with Gasteiger partial charge in [0, 0.05) is 13.0 Å². The van der Waals surface area contributed by atoms with Crippen LogP contribution in [0.2, 0.25) is 0 Å². The van der Waals surface area contributed by atoms with E-state index < -0.39 is 11.9 Å². The van der Waals surface area contributed by atoms with Crippen molar-refractivity contribution in [3.8, 4) is 11.5 Å². The molecule has 0 saturated heterocycles. The van der Waals surface area contributed by atoms with Gasteiger partial charge < -0.3 is 14.2 Å². The van der Waals surface area contributed by atoms with E-state index in [1.165, 1.54) is 27.2 Å². The zero-order chi connectivity index (χ0) is 14.4. The maximum atomic E-state index is 11.0. The summed E-state index contributed by atoms with van der Waals surface area (Å²) < 4.78 is 15.5. The van der Waals surface area contributed by atoms with E-state index in [0.29, 0.717) is 15.1 Å². The van der Waals surface area contributed by atoms with E-state index in [0.717, 1.165) is 5.56 Å². The van der Waals surface area contributed by atoms with Gasteiger partial charge in [0.25, 0.3) is 0 Å². The van der Waals surface area contributed by atoms with Crippen LogP contribution >= 0.6 is 22.6 Å². The highest BCUT2D eigenvalue weighted by Crippen LogP contribution is 2.34. The minimum absolute atomic E-state index is 0.366.